The minimum absolute atomic E-state index is 0.0915. The van der Waals surface area contributed by atoms with Gasteiger partial charge in [-0.15, -0.1) is 10.2 Å². The summed E-state index contributed by atoms with van der Waals surface area (Å²) in [5.41, 5.74) is 0.275. The summed E-state index contributed by atoms with van der Waals surface area (Å²) in [6.07, 6.45) is 2.70. The summed E-state index contributed by atoms with van der Waals surface area (Å²) in [6.45, 7) is 2.38. The van der Waals surface area contributed by atoms with Crippen LogP contribution in [0.15, 0.2) is 28.6 Å². The van der Waals surface area contributed by atoms with Gasteiger partial charge in [0.15, 0.2) is 0 Å². The van der Waals surface area contributed by atoms with Gasteiger partial charge in [0.2, 0.25) is 9.47 Å². The van der Waals surface area contributed by atoms with Gasteiger partial charge in [-0.1, -0.05) is 54.8 Å². The average molecular weight is 389 g/mol. The predicted molar refractivity (Wildman–Crippen MR) is 94.0 cm³/mol. The third kappa shape index (κ3) is 4.97. The molecule has 0 spiro atoms. The Kier molecular flexibility index (Phi) is 6.67. The molecule has 0 aliphatic carbocycles. The lowest BCUT2D eigenvalue weighted by atomic mass is 10.2. The van der Waals surface area contributed by atoms with Crippen LogP contribution in [0.25, 0.3) is 0 Å². The summed E-state index contributed by atoms with van der Waals surface area (Å²) in [4.78, 5) is 12.1. The first kappa shape index (κ1) is 18.8. The van der Waals surface area contributed by atoms with Crippen molar-refractivity contribution in [1.29, 1.82) is 0 Å². The molecule has 1 aromatic carbocycles. The molecule has 2 rings (SSSR count). The highest BCUT2D eigenvalue weighted by molar-refractivity contribution is 7.91. The molecule has 1 heterocycles. The van der Waals surface area contributed by atoms with Crippen molar-refractivity contribution in [2.24, 2.45) is 0 Å². The van der Waals surface area contributed by atoms with Crippen LogP contribution in [0.2, 0.25) is 5.02 Å². The van der Waals surface area contributed by atoms with Gasteiger partial charge in [0, 0.05) is 6.54 Å². The van der Waals surface area contributed by atoms with Crippen molar-refractivity contribution in [2.45, 2.75) is 30.5 Å². The highest BCUT2D eigenvalue weighted by Crippen LogP contribution is 2.22. The van der Waals surface area contributed by atoms with Crippen LogP contribution in [0.5, 0.6) is 0 Å². The zero-order valence-corrected chi connectivity index (χ0v) is 15.3. The molecule has 24 heavy (non-hydrogen) atoms. The quantitative estimate of drug-likeness (QED) is 0.534. The third-order valence-electron chi connectivity index (χ3n) is 3.05. The van der Waals surface area contributed by atoms with E-state index >= 15 is 0 Å². The topological polar surface area (TPSA) is 101 Å². The molecule has 1 amide bonds. The number of sulfonamides is 1. The lowest BCUT2D eigenvalue weighted by Gasteiger charge is -2.03. The Morgan fingerprint density at radius 1 is 1.25 bits per heavy atom. The zero-order chi connectivity index (χ0) is 17.6. The lowest BCUT2D eigenvalue weighted by Crippen LogP contribution is -2.24. The molecular formula is C14H17ClN4O3S2. The fourth-order valence-corrected chi connectivity index (χ4v) is 4.05. The van der Waals surface area contributed by atoms with Crippen LogP contribution in [0.4, 0.5) is 5.13 Å². The molecule has 2 N–H and O–H groups in total. The number of halogens is 1. The van der Waals surface area contributed by atoms with E-state index in [1.54, 1.807) is 24.3 Å². The largest absolute Gasteiger partial charge is 0.296 e. The van der Waals surface area contributed by atoms with E-state index in [4.69, 9.17) is 11.6 Å². The maximum atomic E-state index is 12.1. The molecule has 130 valence electrons. The molecular weight excluding hydrogens is 372 g/mol. The molecule has 0 bridgehead atoms. The Balaban J connectivity index is 2.02. The second kappa shape index (κ2) is 8.52. The van der Waals surface area contributed by atoms with E-state index in [-0.39, 0.29) is 15.0 Å². The molecule has 7 nitrogen and oxygen atoms in total. The number of amides is 1. The van der Waals surface area contributed by atoms with E-state index in [1.807, 2.05) is 6.92 Å². The standard InChI is InChI=1S/C14H17ClN4O3S2/c1-2-3-6-9-16-24(21,22)14-19-18-13(23-14)17-12(20)10-7-4-5-8-11(10)15/h4-5,7-8,16H,2-3,6,9H2,1H3,(H,17,18,20). The number of hydrogen-bond donors (Lipinski definition) is 2. The molecule has 0 radical (unpaired) electrons. The van der Waals surface area contributed by atoms with Crippen molar-refractivity contribution >= 4 is 44.0 Å². The summed E-state index contributed by atoms with van der Waals surface area (Å²) in [7, 11) is -3.71. The van der Waals surface area contributed by atoms with Crippen molar-refractivity contribution in [3.8, 4) is 0 Å². The van der Waals surface area contributed by atoms with E-state index in [0.717, 1.165) is 30.6 Å². The third-order valence-corrected chi connectivity index (χ3v) is 6.04. The summed E-state index contributed by atoms with van der Waals surface area (Å²) in [5, 5.41) is 10.2. The van der Waals surface area contributed by atoms with Crippen molar-refractivity contribution in [3.05, 3.63) is 34.9 Å². The monoisotopic (exact) mass is 388 g/mol. The van der Waals surface area contributed by atoms with Crippen molar-refractivity contribution in [3.63, 3.8) is 0 Å². The van der Waals surface area contributed by atoms with Crippen LogP contribution in [-0.4, -0.2) is 31.1 Å². The highest BCUT2D eigenvalue weighted by atomic mass is 35.5. The summed E-state index contributed by atoms with van der Waals surface area (Å²) in [6, 6.07) is 6.54. The first-order valence-electron chi connectivity index (χ1n) is 7.33. The Morgan fingerprint density at radius 2 is 2.00 bits per heavy atom. The van der Waals surface area contributed by atoms with E-state index in [2.05, 4.69) is 20.2 Å². The minimum atomic E-state index is -3.71. The van der Waals surface area contributed by atoms with Gasteiger partial charge in [0.1, 0.15) is 0 Å². The number of hydrogen-bond acceptors (Lipinski definition) is 6. The Bertz CT molecular complexity index is 808. The number of aromatic nitrogens is 2. The van der Waals surface area contributed by atoms with Crippen LogP contribution in [-0.2, 0) is 10.0 Å². The van der Waals surface area contributed by atoms with E-state index in [0.29, 0.717) is 11.6 Å². The number of nitrogens with zero attached hydrogens (tertiary/aromatic N) is 2. The van der Waals surface area contributed by atoms with Gasteiger partial charge in [-0.05, 0) is 18.6 Å². The zero-order valence-electron chi connectivity index (χ0n) is 13.0. The smallest absolute Gasteiger partial charge is 0.269 e. The molecule has 1 aromatic heterocycles. The number of anilines is 1. The molecule has 0 atom stereocenters. The number of benzene rings is 1. The maximum Gasteiger partial charge on any atom is 0.269 e. The molecule has 0 fully saturated rings. The Labute approximate surface area is 149 Å². The molecule has 0 aliphatic heterocycles. The maximum absolute atomic E-state index is 12.1. The van der Waals surface area contributed by atoms with Crippen LogP contribution in [0.3, 0.4) is 0 Å². The second-order valence-corrected chi connectivity index (χ2v) is 8.24. The molecule has 0 saturated carbocycles. The fraction of sp³-hybridized carbons (Fsp3) is 0.357. The lowest BCUT2D eigenvalue weighted by molar-refractivity contribution is 0.102. The highest BCUT2D eigenvalue weighted by Gasteiger charge is 2.21. The number of unbranched alkanes of at least 4 members (excludes halogenated alkanes) is 2. The molecule has 0 unspecified atom stereocenters. The van der Waals surface area contributed by atoms with Crippen LogP contribution in [0, 0.1) is 0 Å². The van der Waals surface area contributed by atoms with E-state index in [9.17, 15) is 13.2 Å². The average Bonchev–Trinajstić information content (AvgIpc) is 3.01. The second-order valence-electron chi connectivity index (χ2n) is 4.91. The van der Waals surface area contributed by atoms with Gasteiger partial charge in [0.25, 0.3) is 15.9 Å². The van der Waals surface area contributed by atoms with Crippen molar-refractivity contribution in [1.82, 2.24) is 14.9 Å². The van der Waals surface area contributed by atoms with Gasteiger partial charge in [-0.25, -0.2) is 13.1 Å². The summed E-state index contributed by atoms with van der Waals surface area (Å²) >= 11 is 6.73. The normalized spacial score (nSPS) is 11.4. The predicted octanol–water partition coefficient (Wildman–Crippen LogP) is 2.91. The van der Waals surface area contributed by atoms with Gasteiger partial charge < -0.3 is 0 Å². The number of carbonyl (C=O) groups excluding carboxylic acids is 1. The first-order valence-corrected chi connectivity index (χ1v) is 10.0. The van der Waals surface area contributed by atoms with Gasteiger partial charge >= 0.3 is 0 Å². The molecule has 2 aromatic rings. The number of rotatable bonds is 8. The molecule has 10 heteroatoms. The van der Waals surface area contributed by atoms with Gasteiger partial charge in [0.05, 0.1) is 10.6 Å². The van der Waals surface area contributed by atoms with E-state index < -0.39 is 15.9 Å². The van der Waals surface area contributed by atoms with Crippen molar-refractivity contribution < 1.29 is 13.2 Å². The summed E-state index contributed by atoms with van der Waals surface area (Å²) in [5.74, 6) is -0.475. The van der Waals surface area contributed by atoms with Gasteiger partial charge in [-0.2, -0.15) is 0 Å². The van der Waals surface area contributed by atoms with Crippen LogP contribution in [0.1, 0.15) is 36.5 Å². The van der Waals surface area contributed by atoms with Crippen molar-refractivity contribution in [2.75, 3.05) is 11.9 Å². The van der Waals surface area contributed by atoms with Crippen LogP contribution >= 0.6 is 22.9 Å². The fourth-order valence-electron chi connectivity index (χ4n) is 1.82. The first-order chi connectivity index (χ1) is 11.4. The number of carbonyl (C=O) groups is 1. The van der Waals surface area contributed by atoms with E-state index in [1.165, 1.54) is 0 Å². The number of nitrogens with one attached hydrogen (secondary N) is 2. The van der Waals surface area contributed by atoms with Gasteiger partial charge in [-0.3, -0.25) is 10.1 Å². The SMILES string of the molecule is CCCCCNS(=O)(=O)c1nnc(NC(=O)c2ccccc2Cl)s1. The molecule has 0 aliphatic rings. The molecule has 0 saturated heterocycles. The minimum Gasteiger partial charge on any atom is -0.296 e. The summed E-state index contributed by atoms with van der Waals surface area (Å²) < 4.78 is 26.4. The Morgan fingerprint density at radius 3 is 2.71 bits per heavy atom. The Hall–Kier alpha value is -1.55. The van der Waals surface area contributed by atoms with Crippen LogP contribution < -0.4 is 10.0 Å².